The third kappa shape index (κ3) is 4.06. The van der Waals surface area contributed by atoms with Crippen LogP contribution in [-0.2, 0) is 14.3 Å². The molecule has 26 heavy (non-hydrogen) atoms. The maximum atomic E-state index is 13.1. The van der Waals surface area contributed by atoms with Gasteiger partial charge in [0.1, 0.15) is 11.9 Å². The fourth-order valence-electron chi connectivity index (χ4n) is 3.85. The second-order valence-electron chi connectivity index (χ2n) is 7.48. The Kier molecular flexibility index (Phi) is 5.91. The number of ether oxygens (including phenoxy) is 1. The van der Waals surface area contributed by atoms with Gasteiger partial charge in [0.25, 0.3) is 0 Å². The van der Waals surface area contributed by atoms with Gasteiger partial charge in [-0.3, -0.25) is 9.59 Å². The Hall–Kier alpha value is -1.95. The minimum atomic E-state index is -0.364. The number of hydrogen-bond acceptors (Lipinski definition) is 3. The maximum absolute atomic E-state index is 13.1. The van der Waals surface area contributed by atoms with Crippen molar-refractivity contribution in [3.05, 3.63) is 35.6 Å². The number of likely N-dealkylation sites (tertiary alicyclic amines) is 1. The van der Waals surface area contributed by atoms with Crippen molar-refractivity contribution >= 4 is 11.8 Å². The Balaban J connectivity index is 1.58. The van der Waals surface area contributed by atoms with Gasteiger partial charge in [-0.25, -0.2) is 4.39 Å². The first-order valence-electron chi connectivity index (χ1n) is 9.42. The van der Waals surface area contributed by atoms with Crippen LogP contribution in [-0.4, -0.2) is 42.5 Å². The second kappa shape index (κ2) is 8.16. The van der Waals surface area contributed by atoms with Gasteiger partial charge in [-0.05, 0) is 37.0 Å². The molecule has 0 aromatic heterocycles. The van der Waals surface area contributed by atoms with E-state index in [1.807, 2.05) is 13.8 Å². The lowest BCUT2D eigenvalue weighted by molar-refractivity contribution is -0.140. The molecule has 0 radical (unpaired) electrons. The number of carbonyl (C=O) groups excluding carboxylic acids is 2. The monoisotopic (exact) mass is 362 g/mol. The van der Waals surface area contributed by atoms with Crippen molar-refractivity contribution in [1.29, 1.82) is 0 Å². The molecule has 2 heterocycles. The Bertz CT molecular complexity index is 647. The molecule has 0 bridgehead atoms. The quantitative estimate of drug-likeness (QED) is 0.876. The minimum absolute atomic E-state index is 0.0380. The van der Waals surface area contributed by atoms with Crippen LogP contribution in [0.3, 0.4) is 0 Å². The fraction of sp³-hybridized carbons (Fsp3) is 0.600. The topological polar surface area (TPSA) is 58.6 Å². The van der Waals surface area contributed by atoms with E-state index in [-0.39, 0.29) is 41.6 Å². The van der Waals surface area contributed by atoms with E-state index in [1.54, 1.807) is 17.0 Å². The van der Waals surface area contributed by atoms with Crippen LogP contribution in [0.4, 0.5) is 4.39 Å². The standard InChI is InChI=1S/C20H27FN2O3/c1-13(2)20(25)23-10-3-4-17(23)19(24)22-12-15-9-11-26-18(15)14-5-7-16(21)8-6-14/h5-8,13,15,17-18H,3-4,9-12H2,1-2H3,(H,22,24)/t15-,17?,18-/m0/s1. The van der Waals surface area contributed by atoms with Crippen molar-refractivity contribution in [2.75, 3.05) is 19.7 Å². The number of amides is 2. The van der Waals surface area contributed by atoms with E-state index in [9.17, 15) is 14.0 Å². The fourth-order valence-corrected chi connectivity index (χ4v) is 3.85. The summed E-state index contributed by atoms with van der Waals surface area (Å²) in [4.78, 5) is 26.6. The molecular weight excluding hydrogens is 335 g/mol. The summed E-state index contributed by atoms with van der Waals surface area (Å²) in [5, 5.41) is 3.01. The van der Waals surface area contributed by atoms with Gasteiger partial charge in [0.15, 0.2) is 0 Å². The zero-order valence-electron chi connectivity index (χ0n) is 15.4. The van der Waals surface area contributed by atoms with Gasteiger partial charge >= 0.3 is 0 Å². The maximum Gasteiger partial charge on any atom is 0.242 e. The first-order chi connectivity index (χ1) is 12.5. The number of nitrogens with one attached hydrogen (secondary N) is 1. The van der Waals surface area contributed by atoms with Crippen LogP contribution in [0.25, 0.3) is 0 Å². The van der Waals surface area contributed by atoms with E-state index in [0.29, 0.717) is 26.1 Å². The molecule has 5 nitrogen and oxygen atoms in total. The normalized spacial score (nSPS) is 25.7. The smallest absolute Gasteiger partial charge is 0.242 e. The predicted molar refractivity (Wildman–Crippen MR) is 95.8 cm³/mol. The first kappa shape index (κ1) is 18.8. The zero-order valence-corrected chi connectivity index (χ0v) is 15.4. The number of benzene rings is 1. The van der Waals surface area contributed by atoms with Crippen LogP contribution in [0.15, 0.2) is 24.3 Å². The highest BCUT2D eigenvalue weighted by atomic mass is 19.1. The zero-order chi connectivity index (χ0) is 18.7. The molecule has 2 amide bonds. The third-order valence-corrected chi connectivity index (χ3v) is 5.28. The summed E-state index contributed by atoms with van der Waals surface area (Å²) in [5.74, 6) is -0.264. The van der Waals surface area contributed by atoms with Crippen molar-refractivity contribution in [1.82, 2.24) is 10.2 Å². The van der Waals surface area contributed by atoms with E-state index in [4.69, 9.17) is 4.74 Å². The first-order valence-corrected chi connectivity index (χ1v) is 9.42. The van der Waals surface area contributed by atoms with Gasteiger partial charge in [0, 0.05) is 31.5 Å². The lowest BCUT2D eigenvalue weighted by Gasteiger charge is -2.26. The van der Waals surface area contributed by atoms with Crippen molar-refractivity contribution < 1.29 is 18.7 Å². The lowest BCUT2D eigenvalue weighted by atomic mass is 9.95. The number of hydrogen-bond donors (Lipinski definition) is 1. The molecule has 2 aliphatic rings. The number of nitrogens with zero attached hydrogens (tertiary/aromatic N) is 1. The number of halogens is 1. The molecule has 142 valence electrons. The van der Waals surface area contributed by atoms with Crippen LogP contribution in [0.2, 0.25) is 0 Å². The van der Waals surface area contributed by atoms with Crippen LogP contribution < -0.4 is 5.32 Å². The van der Waals surface area contributed by atoms with Gasteiger partial charge in [-0.2, -0.15) is 0 Å². The number of carbonyl (C=O) groups is 2. The minimum Gasteiger partial charge on any atom is -0.373 e. The van der Waals surface area contributed by atoms with E-state index in [0.717, 1.165) is 18.4 Å². The largest absolute Gasteiger partial charge is 0.373 e. The SMILES string of the molecule is CC(C)C(=O)N1CCCC1C(=O)NC[C@@H]1CCO[C@H]1c1ccc(F)cc1. The summed E-state index contributed by atoms with van der Waals surface area (Å²) in [6.45, 7) is 5.50. The van der Waals surface area contributed by atoms with Crippen molar-refractivity contribution in [3.8, 4) is 0 Å². The van der Waals surface area contributed by atoms with E-state index < -0.39 is 0 Å². The van der Waals surface area contributed by atoms with Crippen molar-refractivity contribution in [2.45, 2.75) is 45.3 Å². The van der Waals surface area contributed by atoms with Gasteiger partial charge in [-0.15, -0.1) is 0 Å². The van der Waals surface area contributed by atoms with E-state index in [2.05, 4.69) is 5.32 Å². The molecule has 1 aromatic rings. The van der Waals surface area contributed by atoms with Crippen LogP contribution >= 0.6 is 0 Å². The Morgan fingerprint density at radius 3 is 2.69 bits per heavy atom. The van der Waals surface area contributed by atoms with Crippen LogP contribution in [0, 0.1) is 17.7 Å². The lowest BCUT2D eigenvalue weighted by Crippen LogP contribution is -2.48. The van der Waals surface area contributed by atoms with Crippen LogP contribution in [0.5, 0.6) is 0 Å². The molecule has 2 saturated heterocycles. The number of rotatable bonds is 5. The molecule has 1 unspecified atom stereocenters. The summed E-state index contributed by atoms with van der Waals surface area (Å²) in [7, 11) is 0. The van der Waals surface area contributed by atoms with Crippen molar-refractivity contribution in [2.24, 2.45) is 11.8 Å². The second-order valence-corrected chi connectivity index (χ2v) is 7.48. The molecule has 2 fully saturated rings. The Labute approximate surface area is 153 Å². The molecule has 1 aromatic carbocycles. The van der Waals surface area contributed by atoms with Crippen LogP contribution in [0.1, 0.15) is 44.8 Å². The summed E-state index contributed by atoms with van der Waals surface area (Å²) in [5.41, 5.74) is 0.931. The molecule has 0 saturated carbocycles. The third-order valence-electron chi connectivity index (χ3n) is 5.28. The van der Waals surface area contributed by atoms with E-state index >= 15 is 0 Å². The highest BCUT2D eigenvalue weighted by Crippen LogP contribution is 2.34. The highest BCUT2D eigenvalue weighted by Gasteiger charge is 2.36. The van der Waals surface area contributed by atoms with Gasteiger partial charge in [-0.1, -0.05) is 26.0 Å². The molecule has 0 spiro atoms. The van der Waals surface area contributed by atoms with Gasteiger partial charge in [0.2, 0.25) is 11.8 Å². The highest BCUT2D eigenvalue weighted by molar-refractivity contribution is 5.88. The molecule has 3 atom stereocenters. The summed E-state index contributed by atoms with van der Waals surface area (Å²) in [6, 6.07) is 5.97. The van der Waals surface area contributed by atoms with Gasteiger partial charge < -0.3 is 15.0 Å². The van der Waals surface area contributed by atoms with Crippen molar-refractivity contribution in [3.63, 3.8) is 0 Å². The molecule has 1 N–H and O–H groups in total. The summed E-state index contributed by atoms with van der Waals surface area (Å²) < 4.78 is 18.9. The molecular formula is C20H27FN2O3. The average molecular weight is 362 g/mol. The molecule has 0 aliphatic carbocycles. The van der Waals surface area contributed by atoms with E-state index in [1.165, 1.54) is 12.1 Å². The average Bonchev–Trinajstić information content (AvgIpc) is 3.29. The molecule has 6 heteroatoms. The molecule has 2 aliphatic heterocycles. The Morgan fingerprint density at radius 1 is 1.27 bits per heavy atom. The summed E-state index contributed by atoms with van der Waals surface area (Å²) in [6.07, 6.45) is 2.29. The molecule has 3 rings (SSSR count). The summed E-state index contributed by atoms with van der Waals surface area (Å²) >= 11 is 0. The van der Waals surface area contributed by atoms with Gasteiger partial charge in [0.05, 0.1) is 6.10 Å². The predicted octanol–water partition coefficient (Wildman–Crippen LogP) is 2.67. The Morgan fingerprint density at radius 2 is 2.00 bits per heavy atom.